The molecule has 38 heavy (non-hydrogen) atoms. The number of amides is 2. The predicted molar refractivity (Wildman–Crippen MR) is 147 cm³/mol. The van der Waals surface area contributed by atoms with Gasteiger partial charge in [0, 0.05) is 11.8 Å². The number of benzene rings is 2. The summed E-state index contributed by atoms with van der Waals surface area (Å²) in [5.74, 6) is 0.434. The van der Waals surface area contributed by atoms with E-state index in [0.29, 0.717) is 18.5 Å². The highest BCUT2D eigenvalue weighted by Gasteiger charge is 2.50. The van der Waals surface area contributed by atoms with Crippen LogP contribution in [0.1, 0.15) is 68.4 Å². The molecule has 0 saturated carbocycles. The van der Waals surface area contributed by atoms with E-state index in [1.165, 1.54) is 30.4 Å². The number of urea groups is 1. The molecule has 0 aromatic heterocycles. The van der Waals surface area contributed by atoms with E-state index in [2.05, 4.69) is 16.1 Å². The third-order valence-corrected chi connectivity index (χ3v) is 9.79. The van der Waals surface area contributed by atoms with Crippen molar-refractivity contribution in [2.75, 3.05) is 12.4 Å². The van der Waals surface area contributed by atoms with Crippen molar-refractivity contribution >= 4 is 28.9 Å². The molecule has 5 rings (SSSR count). The quantitative estimate of drug-likeness (QED) is 0.489. The van der Waals surface area contributed by atoms with Crippen molar-refractivity contribution in [2.45, 2.75) is 95.1 Å². The van der Waals surface area contributed by atoms with Gasteiger partial charge in [-0.3, -0.25) is 0 Å². The van der Waals surface area contributed by atoms with Gasteiger partial charge in [-0.25, -0.2) is 17.9 Å². The summed E-state index contributed by atoms with van der Waals surface area (Å²) in [5, 5.41) is 2.88. The molecule has 1 heterocycles. The number of hydrogen-bond donors (Lipinski definition) is 2. The highest BCUT2D eigenvalue weighted by atomic mass is 32.2. The minimum atomic E-state index is -4.11. The summed E-state index contributed by atoms with van der Waals surface area (Å²) in [6, 6.07) is 6.18. The number of fused-ring (bicyclic) bond motifs is 2. The first-order chi connectivity index (χ1) is 17.9. The van der Waals surface area contributed by atoms with Crippen molar-refractivity contribution in [1.82, 2.24) is 4.72 Å². The summed E-state index contributed by atoms with van der Waals surface area (Å²) < 4.78 is 46.1. The van der Waals surface area contributed by atoms with Crippen molar-refractivity contribution in [3.05, 3.63) is 52.1 Å². The third-order valence-electron chi connectivity index (χ3n) is 8.46. The van der Waals surface area contributed by atoms with Gasteiger partial charge < -0.3 is 19.4 Å². The highest BCUT2D eigenvalue weighted by Crippen LogP contribution is 2.39. The predicted octanol–water partition coefficient (Wildman–Crippen LogP) is 4.82. The summed E-state index contributed by atoms with van der Waals surface area (Å²) >= 11 is 0. The molecule has 2 aromatic carbocycles. The van der Waals surface area contributed by atoms with E-state index in [1.807, 2.05) is 27.7 Å². The number of sulfonamides is 1. The largest absolute Gasteiger partial charge is 0.496 e. The van der Waals surface area contributed by atoms with Gasteiger partial charge in [0.1, 0.15) is 5.75 Å². The van der Waals surface area contributed by atoms with E-state index in [4.69, 9.17) is 14.0 Å². The van der Waals surface area contributed by atoms with Gasteiger partial charge in [-0.2, -0.15) is 0 Å². The lowest BCUT2D eigenvalue weighted by Gasteiger charge is -2.32. The van der Waals surface area contributed by atoms with Gasteiger partial charge in [-0.05, 0) is 113 Å². The molecule has 0 radical (unpaired) electrons. The summed E-state index contributed by atoms with van der Waals surface area (Å²) in [4.78, 5) is 12.9. The monoisotopic (exact) mass is 540 g/mol. The fraction of sp³-hybridized carbons (Fsp3) is 0.536. The fourth-order valence-electron chi connectivity index (χ4n) is 5.74. The Kier molecular flexibility index (Phi) is 7.03. The van der Waals surface area contributed by atoms with Crippen molar-refractivity contribution in [3.8, 4) is 5.75 Å². The van der Waals surface area contributed by atoms with Crippen LogP contribution in [0.25, 0.3) is 0 Å². The van der Waals surface area contributed by atoms with E-state index in [9.17, 15) is 13.2 Å². The Labute approximate surface area is 226 Å². The molecule has 204 valence electrons. The Morgan fingerprint density at radius 1 is 0.974 bits per heavy atom. The Hall–Kier alpha value is -2.56. The average molecular weight is 540 g/mol. The van der Waals surface area contributed by atoms with Gasteiger partial charge in [-0.1, -0.05) is 12.1 Å². The molecule has 0 atom stereocenters. The maximum Gasteiger partial charge on any atom is 0.458 e. The maximum absolute atomic E-state index is 13.1. The molecule has 2 aliphatic carbocycles. The van der Waals surface area contributed by atoms with Gasteiger partial charge in [0.2, 0.25) is 0 Å². The minimum Gasteiger partial charge on any atom is -0.496 e. The topological polar surface area (TPSA) is 103 Å². The van der Waals surface area contributed by atoms with Crippen LogP contribution in [0.15, 0.2) is 29.2 Å². The van der Waals surface area contributed by atoms with Crippen molar-refractivity contribution in [1.29, 1.82) is 0 Å². The zero-order chi connectivity index (χ0) is 27.3. The number of methoxy groups -OCH3 is 1. The molecule has 0 bridgehead atoms. The number of aryl methyl sites for hydroxylation is 3. The third kappa shape index (κ3) is 5.06. The van der Waals surface area contributed by atoms with Gasteiger partial charge in [0.15, 0.2) is 0 Å². The molecule has 0 unspecified atom stereocenters. The molecule has 8 nitrogen and oxygen atoms in total. The van der Waals surface area contributed by atoms with Gasteiger partial charge in [0.25, 0.3) is 10.0 Å². The maximum atomic E-state index is 13.1. The lowest BCUT2D eigenvalue weighted by molar-refractivity contribution is 0.00578. The van der Waals surface area contributed by atoms with Crippen LogP contribution < -0.4 is 14.8 Å². The van der Waals surface area contributed by atoms with Crippen molar-refractivity contribution in [3.63, 3.8) is 0 Å². The van der Waals surface area contributed by atoms with Crippen LogP contribution in [0, 0.1) is 0 Å². The van der Waals surface area contributed by atoms with Crippen LogP contribution in [0.5, 0.6) is 5.75 Å². The standard InChI is InChI=1S/C28H37BN2O6S/c1-27(2)28(3,4)37-29(36-27)15-14-18-12-13-21(17-24(18)35-5)38(33,34)31-26(32)30-25-22-10-6-8-19(22)16-20-9-7-11-23(20)25/h12-13,16-17H,6-11,14-15H2,1-5H3,(H2,30,31,32). The Morgan fingerprint density at radius 2 is 1.58 bits per heavy atom. The minimum absolute atomic E-state index is 0.0348. The first-order valence-corrected chi connectivity index (χ1v) is 14.9. The van der Waals surface area contributed by atoms with Crippen molar-refractivity contribution < 1.29 is 27.3 Å². The number of carbonyl (C=O) groups excluding carboxylic acids is 1. The number of hydrogen-bond acceptors (Lipinski definition) is 6. The SMILES string of the molecule is COc1cc(S(=O)(=O)NC(=O)Nc2c3c(cc4c2CCC4)CCC3)ccc1CCB1OC(C)(C)C(C)(C)O1. The second kappa shape index (κ2) is 9.88. The number of carbonyl (C=O) groups is 1. The van der Waals surface area contributed by atoms with Crippen LogP contribution in [-0.4, -0.2) is 39.9 Å². The van der Waals surface area contributed by atoms with Crippen LogP contribution in [0.2, 0.25) is 6.32 Å². The van der Waals surface area contributed by atoms with E-state index in [-0.39, 0.29) is 12.0 Å². The fourth-order valence-corrected chi connectivity index (χ4v) is 6.66. The van der Waals surface area contributed by atoms with Crippen LogP contribution in [-0.2, 0) is 51.4 Å². The summed E-state index contributed by atoms with van der Waals surface area (Å²) in [7, 11) is -2.97. The molecule has 1 fully saturated rings. The Balaban J connectivity index is 1.28. The summed E-state index contributed by atoms with van der Waals surface area (Å²) in [6.45, 7) is 8.04. The normalized spacial score (nSPS) is 19.2. The zero-order valence-electron chi connectivity index (χ0n) is 22.9. The molecule has 2 aromatic rings. The molecule has 1 aliphatic heterocycles. The molecule has 1 saturated heterocycles. The molecule has 0 spiro atoms. The lowest BCUT2D eigenvalue weighted by Crippen LogP contribution is -2.41. The average Bonchev–Trinajstić information content (AvgIpc) is 3.55. The lowest BCUT2D eigenvalue weighted by atomic mass is 9.81. The van der Waals surface area contributed by atoms with Crippen LogP contribution in [0.4, 0.5) is 10.5 Å². The summed E-state index contributed by atoms with van der Waals surface area (Å²) in [5.41, 5.74) is 5.64. The van der Waals surface area contributed by atoms with Crippen molar-refractivity contribution in [2.24, 2.45) is 0 Å². The molecule has 3 aliphatic rings. The van der Waals surface area contributed by atoms with Crippen LogP contribution >= 0.6 is 0 Å². The smallest absolute Gasteiger partial charge is 0.458 e. The number of nitrogens with one attached hydrogen (secondary N) is 2. The Bertz CT molecular complexity index is 1320. The summed E-state index contributed by atoms with van der Waals surface area (Å²) in [6.07, 6.45) is 7.07. The molecule has 2 amide bonds. The highest BCUT2D eigenvalue weighted by molar-refractivity contribution is 7.90. The molecule has 2 N–H and O–H groups in total. The van der Waals surface area contributed by atoms with Crippen LogP contribution in [0.3, 0.4) is 0 Å². The number of anilines is 1. The Morgan fingerprint density at radius 3 is 2.16 bits per heavy atom. The molecule has 10 heteroatoms. The van der Waals surface area contributed by atoms with E-state index in [0.717, 1.165) is 60.9 Å². The molecular weight excluding hydrogens is 503 g/mol. The van der Waals surface area contributed by atoms with E-state index < -0.39 is 27.3 Å². The van der Waals surface area contributed by atoms with Gasteiger partial charge in [-0.15, -0.1) is 0 Å². The first kappa shape index (κ1) is 27.0. The van der Waals surface area contributed by atoms with Gasteiger partial charge >= 0.3 is 13.1 Å². The van der Waals surface area contributed by atoms with E-state index >= 15 is 0 Å². The first-order valence-electron chi connectivity index (χ1n) is 13.4. The molecular formula is C28H37BN2O6S. The van der Waals surface area contributed by atoms with E-state index in [1.54, 1.807) is 6.07 Å². The number of ether oxygens (including phenoxy) is 1. The number of rotatable bonds is 7. The zero-order valence-corrected chi connectivity index (χ0v) is 23.7. The van der Waals surface area contributed by atoms with Gasteiger partial charge in [0.05, 0.1) is 23.2 Å². The second-order valence-corrected chi connectivity index (χ2v) is 13.2. The second-order valence-electron chi connectivity index (χ2n) is 11.5.